The first kappa shape index (κ1) is 54.9. The summed E-state index contributed by atoms with van der Waals surface area (Å²) in [6, 6.07) is 18.8. The lowest BCUT2D eigenvalue weighted by Gasteiger charge is -2.24. The molecule has 2 heterocycles. The van der Waals surface area contributed by atoms with E-state index in [0.29, 0.717) is 55.1 Å². The number of aliphatic hydroxyl groups excluding tert-OH is 1. The Morgan fingerprint density at radius 3 is 1.47 bits per heavy atom. The van der Waals surface area contributed by atoms with Gasteiger partial charge in [-0.15, -0.1) is 0 Å². The zero-order chi connectivity index (χ0) is 48.7. The van der Waals surface area contributed by atoms with Crippen LogP contribution in [0.2, 0.25) is 0 Å². The normalized spacial score (nSPS) is 13.5. The summed E-state index contributed by atoms with van der Waals surface area (Å²) in [5.41, 5.74) is 2.32. The lowest BCUT2D eigenvalue weighted by atomic mass is 9.98. The zero-order valence-electron chi connectivity index (χ0n) is 38.8. The molecule has 6 rings (SSSR count). The second kappa shape index (κ2) is 22.4. The smallest absolute Gasteiger partial charge is 0.416 e. The predicted molar refractivity (Wildman–Crippen MR) is 246 cm³/mol. The number of hydrogen-bond acceptors (Lipinski definition) is 7. The van der Waals surface area contributed by atoms with E-state index in [9.17, 15) is 41.0 Å². The number of ether oxygens (including phenoxy) is 3. The van der Waals surface area contributed by atoms with Gasteiger partial charge in [0.15, 0.2) is 0 Å². The molecule has 2 N–H and O–H groups in total. The molecule has 0 radical (unpaired) electrons. The van der Waals surface area contributed by atoms with E-state index in [0.717, 1.165) is 35.0 Å². The van der Waals surface area contributed by atoms with Crippen molar-refractivity contribution in [1.29, 1.82) is 0 Å². The molecule has 0 spiro atoms. The van der Waals surface area contributed by atoms with Crippen LogP contribution in [0.3, 0.4) is 0 Å². The minimum atomic E-state index is -4.45. The number of phenolic OH excluding ortho intramolecular Hbond substituents is 1. The Bertz CT molecular complexity index is 2260. The first-order valence-corrected chi connectivity index (χ1v) is 21.6. The third kappa shape index (κ3) is 16.2. The molecule has 0 aliphatic carbocycles. The lowest BCUT2D eigenvalue weighted by Crippen LogP contribution is -2.35. The molecule has 9 nitrogen and oxygen atoms in total. The highest BCUT2D eigenvalue weighted by Crippen LogP contribution is 2.37. The van der Waals surface area contributed by atoms with Crippen molar-refractivity contribution in [1.82, 2.24) is 0 Å². The number of aliphatic hydroxyl groups is 1. The summed E-state index contributed by atoms with van der Waals surface area (Å²) in [5, 5.41) is 18.2. The maximum Gasteiger partial charge on any atom is 0.416 e. The van der Waals surface area contributed by atoms with Crippen molar-refractivity contribution in [3.8, 4) is 11.5 Å². The monoisotopic (exact) mass is 932 g/mol. The Morgan fingerprint density at radius 2 is 1.05 bits per heavy atom. The summed E-state index contributed by atoms with van der Waals surface area (Å²) < 4.78 is 95.2. The molecule has 2 aliphatic rings. The van der Waals surface area contributed by atoms with E-state index in [4.69, 9.17) is 19.3 Å². The number of hydrogen-bond donors (Lipinski definition) is 2. The molecule has 0 fully saturated rings. The minimum Gasteiger partial charge on any atom is -0.508 e. The molecule has 2 amide bonds. The van der Waals surface area contributed by atoms with E-state index in [-0.39, 0.29) is 42.9 Å². The summed E-state index contributed by atoms with van der Waals surface area (Å²) >= 11 is 0. The summed E-state index contributed by atoms with van der Waals surface area (Å²) in [6.45, 7) is 19.1. The summed E-state index contributed by atoms with van der Waals surface area (Å²) in [6.07, 6.45) is -7.02. The Hall–Kier alpha value is -5.44. The van der Waals surface area contributed by atoms with Crippen LogP contribution in [-0.4, -0.2) is 46.7 Å². The predicted octanol–water partition coefficient (Wildman–Crippen LogP) is 13.5. The molecule has 0 saturated heterocycles. The van der Waals surface area contributed by atoms with Crippen molar-refractivity contribution in [3.63, 3.8) is 0 Å². The van der Waals surface area contributed by atoms with Crippen LogP contribution < -0.4 is 14.5 Å². The van der Waals surface area contributed by atoms with Crippen LogP contribution in [0.5, 0.6) is 11.5 Å². The highest BCUT2D eigenvalue weighted by molar-refractivity contribution is 5.91. The van der Waals surface area contributed by atoms with Crippen LogP contribution in [-0.2, 0) is 60.7 Å². The highest BCUT2D eigenvalue weighted by atomic mass is 19.4. The van der Waals surface area contributed by atoms with E-state index in [1.807, 2.05) is 69.2 Å². The number of benzene rings is 4. The van der Waals surface area contributed by atoms with Crippen molar-refractivity contribution in [2.45, 2.75) is 139 Å². The van der Waals surface area contributed by atoms with E-state index in [1.54, 1.807) is 58.3 Å². The van der Waals surface area contributed by atoms with Gasteiger partial charge in [-0.3, -0.25) is 9.80 Å². The molecule has 4 aromatic carbocycles. The molecule has 66 heavy (non-hydrogen) atoms. The molecule has 15 heteroatoms. The molecular weight excluding hydrogens is 867 g/mol. The second-order valence-electron chi connectivity index (χ2n) is 19.0. The van der Waals surface area contributed by atoms with Crippen LogP contribution in [0.1, 0.15) is 121 Å². The molecule has 0 unspecified atom stereocenters. The number of anilines is 2. The van der Waals surface area contributed by atoms with Crippen molar-refractivity contribution in [2.75, 3.05) is 22.9 Å². The number of carbonyl (C=O) groups excluding carboxylic acids is 2. The SMILES string of the molecule is C.CC(C)(C)OC(=O)N1CCc2cc(O)ccc21.CC(C)Cc1ccc(CO)c(C(F)(F)F)c1.CC(C)Cc1ccc(COc2ccc3c(c2)CCN3C(=O)OC(C)(C)C)c(C(F)(F)F)c1. The number of alkyl halides is 6. The highest BCUT2D eigenvalue weighted by Gasteiger charge is 2.35. The quantitative estimate of drug-likeness (QED) is 0.169. The molecule has 364 valence electrons. The fourth-order valence-corrected chi connectivity index (χ4v) is 7.27. The molecule has 0 saturated carbocycles. The minimum absolute atomic E-state index is 0. The number of halogens is 6. The van der Waals surface area contributed by atoms with Gasteiger partial charge in [-0.05, 0) is 155 Å². The maximum absolute atomic E-state index is 13.6. The van der Waals surface area contributed by atoms with Gasteiger partial charge in [-0.2, -0.15) is 26.3 Å². The fourth-order valence-electron chi connectivity index (χ4n) is 7.27. The van der Waals surface area contributed by atoms with Gasteiger partial charge in [-0.25, -0.2) is 9.59 Å². The largest absolute Gasteiger partial charge is 0.508 e. The molecule has 0 aromatic heterocycles. The Morgan fingerprint density at radius 1 is 0.621 bits per heavy atom. The summed E-state index contributed by atoms with van der Waals surface area (Å²) in [7, 11) is 0. The summed E-state index contributed by atoms with van der Waals surface area (Å²) in [4.78, 5) is 27.5. The molecular formula is C51H66F6N2O7. The third-order valence-corrected chi connectivity index (χ3v) is 9.94. The van der Waals surface area contributed by atoms with Crippen LogP contribution in [0, 0.1) is 11.8 Å². The van der Waals surface area contributed by atoms with Crippen molar-refractivity contribution in [3.05, 3.63) is 117 Å². The number of rotatable bonds is 8. The van der Waals surface area contributed by atoms with Crippen molar-refractivity contribution < 1.29 is 60.4 Å². The summed E-state index contributed by atoms with van der Waals surface area (Å²) in [5.74, 6) is 1.27. The van der Waals surface area contributed by atoms with Gasteiger partial charge in [0.25, 0.3) is 0 Å². The van der Waals surface area contributed by atoms with Crippen LogP contribution in [0.4, 0.5) is 47.3 Å². The first-order chi connectivity index (χ1) is 30.0. The number of aromatic hydroxyl groups is 1. The van der Waals surface area contributed by atoms with E-state index in [1.165, 1.54) is 18.2 Å². The second-order valence-corrected chi connectivity index (χ2v) is 19.0. The number of carbonyl (C=O) groups is 2. The van der Waals surface area contributed by atoms with Gasteiger partial charge in [0.2, 0.25) is 0 Å². The van der Waals surface area contributed by atoms with Crippen LogP contribution >= 0.6 is 0 Å². The van der Waals surface area contributed by atoms with E-state index < -0.39 is 47.4 Å². The first-order valence-electron chi connectivity index (χ1n) is 21.6. The fraction of sp³-hybridized carbons (Fsp3) is 0.490. The van der Waals surface area contributed by atoms with Gasteiger partial charge in [0, 0.05) is 18.7 Å². The number of nitrogens with zero attached hydrogens (tertiary/aromatic N) is 2. The number of fused-ring (bicyclic) bond motifs is 2. The standard InChI is InChI=1S/C25H30F3NO3.C13H17NO3.C12H15F3O.CH4/c1-16(2)12-17-6-7-19(21(13-17)25(26,27)28)15-31-20-8-9-22-18(14-20)10-11-29(22)23(30)32-24(3,4)5;1-13(2,3)17-12(16)14-7-6-9-8-10(15)4-5-11(9)14;1-8(2)5-9-3-4-10(7-16)11(6-9)12(13,14)15;/h6-9,13-14,16H,10-12,15H2,1-5H3;4-5,8,15H,6-7H2,1-3H3;3-4,6,8,16H,5,7H2,1-2H3;1H4. The van der Waals surface area contributed by atoms with Crippen LogP contribution in [0.25, 0.3) is 0 Å². The average Bonchev–Trinajstić information content (AvgIpc) is 3.80. The van der Waals surface area contributed by atoms with Gasteiger partial charge < -0.3 is 24.4 Å². The molecule has 2 aliphatic heterocycles. The van der Waals surface area contributed by atoms with Gasteiger partial charge in [0.1, 0.15) is 29.3 Å². The zero-order valence-corrected chi connectivity index (χ0v) is 38.8. The third-order valence-electron chi connectivity index (χ3n) is 9.94. The molecule has 0 atom stereocenters. The average molecular weight is 933 g/mol. The lowest BCUT2D eigenvalue weighted by molar-refractivity contribution is -0.139. The van der Waals surface area contributed by atoms with Crippen LogP contribution in [0.15, 0.2) is 72.8 Å². The molecule has 4 aromatic rings. The Kier molecular flexibility index (Phi) is 18.6. The molecule has 0 bridgehead atoms. The number of amides is 2. The van der Waals surface area contributed by atoms with Gasteiger partial charge in [0.05, 0.1) is 29.1 Å². The van der Waals surface area contributed by atoms with Gasteiger partial charge >= 0.3 is 24.5 Å². The Balaban J connectivity index is 0.000000287. The Labute approximate surface area is 385 Å². The maximum atomic E-state index is 13.6. The van der Waals surface area contributed by atoms with E-state index >= 15 is 0 Å². The topological polar surface area (TPSA) is 109 Å². The number of phenols is 1. The van der Waals surface area contributed by atoms with E-state index in [2.05, 4.69) is 0 Å². The van der Waals surface area contributed by atoms with Crippen molar-refractivity contribution in [2.24, 2.45) is 11.8 Å². The van der Waals surface area contributed by atoms with Crippen molar-refractivity contribution >= 4 is 23.6 Å². The van der Waals surface area contributed by atoms with Gasteiger partial charge in [-0.1, -0.05) is 59.4 Å².